The summed E-state index contributed by atoms with van der Waals surface area (Å²) in [5.74, 6) is 5.30. The minimum absolute atomic E-state index is 0.0688. The van der Waals surface area contributed by atoms with Crippen LogP contribution in [0.15, 0.2) is 29.2 Å². The fraction of sp³-hybridized carbons (Fsp3) is 0.188. The first-order chi connectivity index (χ1) is 10.5. The molecule has 0 saturated heterocycles. The van der Waals surface area contributed by atoms with Gasteiger partial charge in [0.1, 0.15) is 5.56 Å². The zero-order valence-electron chi connectivity index (χ0n) is 11.8. The molecule has 0 unspecified atom stereocenters. The maximum absolute atomic E-state index is 12.0. The van der Waals surface area contributed by atoms with Gasteiger partial charge in [-0.3, -0.25) is 9.59 Å². The Kier molecular flexibility index (Phi) is 5.02. The SMILES string of the molecule is CC(=O)SCCC#Cc1ccc2c(=O)c(C(=O)O)c[nH]c2c1. The quantitative estimate of drug-likeness (QED) is 0.670. The first-order valence-corrected chi connectivity index (χ1v) is 7.48. The third kappa shape index (κ3) is 3.77. The van der Waals surface area contributed by atoms with E-state index in [4.69, 9.17) is 5.11 Å². The van der Waals surface area contributed by atoms with Gasteiger partial charge in [-0.1, -0.05) is 23.6 Å². The monoisotopic (exact) mass is 315 g/mol. The maximum atomic E-state index is 12.0. The molecule has 1 aromatic carbocycles. The van der Waals surface area contributed by atoms with Crippen LogP contribution in [-0.2, 0) is 4.79 Å². The number of rotatable bonds is 3. The van der Waals surface area contributed by atoms with Crippen LogP contribution in [0.3, 0.4) is 0 Å². The largest absolute Gasteiger partial charge is 0.477 e. The van der Waals surface area contributed by atoms with Crippen molar-refractivity contribution in [3.63, 3.8) is 0 Å². The van der Waals surface area contributed by atoms with E-state index in [-0.39, 0.29) is 10.7 Å². The third-order valence-corrected chi connectivity index (χ3v) is 3.69. The van der Waals surface area contributed by atoms with Gasteiger partial charge >= 0.3 is 5.97 Å². The first kappa shape index (κ1) is 15.9. The summed E-state index contributed by atoms with van der Waals surface area (Å²) in [6.45, 7) is 1.52. The van der Waals surface area contributed by atoms with E-state index in [2.05, 4.69) is 16.8 Å². The zero-order valence-corrected chi connectivity index (χ0v) is 12.6. The topological polar surface area (TPSA) is 87.2 Å². The minimum Gasteiger partial charge on any atom is -0.477 e. The molecule has 0 aliphatic rings. The summed E-state index contributed by atoms with van der Waals surface area (Å²) < 4.78 is 0. The molecule has 0 saturated carbocycles. The second-order valence-corrected chi connectivity index (χ2v) is 5.76. The number of hydrogen-bond acceptors (Lipinski definition) is 4. The molecule has 22 heavy (non-hydrogen) atoms. The molecule has 2 rings (SSSR count). The van der Waals surface area contributed by atoms with Crippen molar-refractivity contribution in [1.29, 1.82) is 0 Å². The highest BCUT2D eigenvalue weighted by molar-refractivity contribution is 8.13. The fourth-order valence-electron chi connectivity index (χ4n) is 1.87. The average molecular weight is 315 g/mol. The van der Waals surface area contributed by atoms with Crippen molar-refractivity contribution >= 4 is 33.7 Å². The van der Waals surface area contributed by atoms with E-state index in [9.17, 15) is 14.4 Å². The van der Waals surface area contributed by atoms with Crippen molar-refractivity contribution in [2.45, 2.75) is 13.3 Å². The van der Waals surface area contributed by atoms with Crippen LogP contribution in [-0.4, -0.2) is 26.9 Å². The van der Waals surface area contributed by atoms with Crippen molar-refractivity contribution in [2.24, 2.45) is 0 Å². The van der Waals surface area contributed by atoms with Crippen LogP contribution >= 0.6 is 11.8 Å². The molecule has 0 fully saturated rings. The van der Waals surface area contributed by atoms with Gasteiger partial charge in [-0.05, 0) is 18.2 Å². The van der Waals surface area contributed by atoms with Crippen molar-refractivity contribution in [3.8, 4) is 11.8 Å². The number of pyridine rings is 1. The number of H-pyrrole nitrogens is 1. The summed E-state index contributed by atoms with van der Waals surface area (Å²) in [4.78, 5) is 36.5. The van der Waals surface area contributed by atoms with E-state index in [1.807, 2.05) is 0 Å². The van der Waals surface area contributed by atoms with Crippen molar-refractivity contribution in [2.75, 3.05) is 5.75 Å². The summed E-state index contributed by atoms with van der Waals surface area (Å²) in [5, 5.41) is 9.30. The Hall–Kier alpha value is -2.52. The predicted octanol–water partition coefficient (Wildman–Crippen LogP) is 2.25. The molecule has 2 N–H and O–H groups in total. The molecule has 0 amide bonds. The lowest BCUT2D eigenvalue weighted by atomic mass is 10.1. The van der Waals surface area contributed by atoms with E-state index >= 15 is 0 Å². The van der Waals surface area contributed by atoms with Gasteiger partial charge in [0, 0.05) is 36.2 Å². The van der Waals surface area contributed by atoms with E-state index in [1.54, 1.807) is 18.2 Å². The van der Waals surface area contributed by atoms with Crippen LogP contribution < -0.4 is 5.43 Å². The number of hydrogen-bond donors (Lipinski definition) is 2. The summed E-state index contributed by atoms with van der Waals surface area (Å²) in [6, 6.07) is 4.94. The third-order valence-electron chi connectivity index (χ3n) is 2.88. The number of aromatic carboxylic acids is 1. The molecule has 0 bridgehead atoms. The molecule has 1 aromatic heterocycles. The van der Waals surface area contributed by atoms with E-state index < -0.39 is 11.4 Å². The van der Waals surface area contributed by atoms with Crippen LogP contribution in [0.4, 0.5) is 0 Å². The van der Waals surface area contributed by atoms with Gasteiger partial charge in [0.25, 0.3) is 0 Å². The first-order valence-electron chi connectivity index (χ1n) is 6.50. The number of carbonyl (C=O) groups excluding carboxylic acids is 1. The molecule has 112 valence electrons. The van der Waals surface area contributed by atoms with Gasteiger partial charge in [0.15, 0.2) is 5.12 Å². The van der Waals surface area contributed by atoms with Gasteiger partial charge in [0.2, 0.25) is 5.43 Å². The molecular weight excluding hydrogens is 302 g/mol. The van der Waals surface area contributed by atoms with Gasteiger partial charge in [-0.2, -0.15) is 0 Å². The van der Waals surface area contributed by atoms with Crippen molar-refractivity contribution in [1.82, 2.24) is 4.98 Å². The smallest absolute Gasteiger partial charge is 0.341 e. The lowest BCUT2D eigenvalue weighted by molar-refractivity contribution is -0.109. The molecule has 2 aromatic rings. The Bertz CT molecular complexity index is 858. The molecule has 0 radical (unpaired) electrons. The lowest BCUT2D eigenvalue weighted by Crippen LogP contribution is -2.15. The van der Waals surface area contributed by atoms with Crippen LogP contribution in [0.2, 0.25) is 0 Å². The molecule has 0 aliphatic heterocycles. The molecule has 5 nitrogen and oxygen atoms in total. The summed E-state index contributed by atoms with van der Waals surface area (Å²) >= 11 is 1.23. The molecular formula is C16H13NO4S. The van der Waals surface area contributed by atoms with Crippen LogP contribution in [0.5, 0.6) is 0 Å². The number of aromatic nitrogens is 1. The number of carboxylic acid groups (broad SMARTS) is 1. The highest BCUT2D eigenvalue weighted by atomic mass is 32.2. The van der Waals surface area contributed by atoms with Gasteiger partial charge < -0.3 is 10.1 Å². The Morgan fingerprint density at radius 2 is 2.14 bits per heavy atom. The molecule has 0 aliphatic carbocycles. The Balaban J connectivity index is 2.23. The van der Waals surface area contributed by atoms with Gasteiger partial charge in [0.05, 0.1) is 5.52 Å². The van der Waals surface area contributed by atoms with Crippen LogP contribution in [0.1, 0.15) is 29.3 Å². The summed E-state index contributed by atoms with van der Waals surface area (Å²) in [6.07, 6.45) is 1.78. The maximum Gasteiger partial charge on any atom is 0.341 e. The number of aromatic amines is 1. The minimum atomic E-state index is -1.25. The number of thioether (sulfide) groups is 1. The molecule has 6 heteroatoms. The van der Waals surface area contributed by atoms with Gasteiger partial charge in [-0.15, -0.1) is 0 Å². The van der Waals surface area contributed by atoms with Crippen molar-refractivity contribution < 1.29 is 14.7 Å². The van der Waals surface area contributed by atoms with Crippen LogP contribution in [0, 0.1) is 11.8 Å². The zero-order chi connectivity index (χ0) is 16.1. The number of nitrogens with one attached hydrogen (secondary N) is 1. The Labute approximate surface area is 130 Å². The van der Waals surface area contributed by atoms with E-state index in [0.29, 0.717) is 23.1 Å². The molecule has 0 spiro atoms. The molecule has 1 heterocycles. The average Bonchev–Trinajstić information content (AvgIpc) is 2.46. The number of carboxylic acids is 1. The Morgan fingerprint density at radius 3 is 2.82 bits per heavy atom. The second-order valence-electron chi connectivity index (χ2n) is 4.49. The van der Waals surface area contributed by atoms with Crippen LogP contribution in [0.25, 0.3) is 10.9 Å². The number of benzene rings is 1. The highest BCUT2D eigenvalue weighted by Gasteiger charge is 2.11. The Morgan fingerprint density at radius 1 is 1.36 bits per heavy atom. The normalized spacial score (nSPS) is 10.0. The number of carbonyl (C=O) groups is 2. The van der Waals surface area contributed by atoms with Gasteiger partial charge in [-0.25, -0.2) is 4.79 Å². The summed E-state index contributed by atoms with van der Waals surface area (Å²) in [7, 11) is 0. The predicted molar refractivity (Wildman–Crippen MR) is 86.2 cm³/mol. The second kappa shape index (κ2) is 6.96. The van der Waals surface area contributed by atoms with E-state index in [0.717, 1.165) is 5.56 Å². The lowest BCUT2D eigenvalue weighted by Gasteiger charge is -2.00. The fourth-order valence-corrected chi connectivity index (χ4v) is 2.36. The standard InChI is InChI=1S/C16H13NO4S/c1-10(18)22-7-3-2-4-11-5-6-12-14(8-11)17-9-13(15(12)19)16(20)21/h5-6,8-9H,3,7H2,1H3,(H,17,19)(H,20,21). The number of fused-ring (bicyclic) bond motifs is 1. The van der Waals surface area contributed by atoms with Crippen molar-refractivity contribution in [3.05, 3.63) is 45.7 Å². The molecule has 0 atom stereocenters. The highest BCUT2D eigenvalue weighted by Crippen LogP contribution is 2.11. The van der Waals surface area contributed by atoms with E-state index in [1.165, 1.54) is 24.9 Å². The summed E-state index contributed by atoms with van der Waals surface area (Å²) in [5.41, 5.74) is 0.463.